The number of halogens is 1. The molecule has 126 valence electrons. The molecule has 2 amide bonds. The van der Waals surface area contributed by atoms with Crippen LogP contribution in [0.5, 0.6) is 0 Å². The normalized spacial score (nSPS) is 17.0. The number of carbonyl (C=O) groups is 2. The quantitative estimate of drug-likeness (QED) is 0.584. The number of rotatable bonds is 7. The summed E-state index contributed by atoms with van der Waals surface area (Å²) < 4.78 is 10.8. The largest absolute Gasteiger partial charge is 0.378 e. The van der Waals surface area contributed by atoms with E-state index >= 15 is 0 Å². The van der Waals surface area contributed by atoms with Crippen molar-refractivity contribution in [2.45, 2.75) is 31.8 Å². The fourth-order valence-electron chi connectivity index (χ4n) is 2.19. The Hall–Kier alpha value is -1.63. The lowest BCUT2D eigenvalue weighted by Gasteiger charge is -2.10. The number of hydrogen-bond donors (Lipinski definition) is 2. The molecule has 2 rings (SSSR count). The molecule has 23 heavy (non-hydrogen) atoms. The van der Waals surface area contributed by atoms with Crippen molar-refractivity contribution in [3.63, 3.8) is 0 Å². The standard InChI is InChI=1S/C16H21ClN2O4/c17-13-5-3-12(4-6-13)10-16(21)19-18-15(20)7-9-22-11-14-2-1-8-23-14/h3-6,14H,1-2,7-11H2,(H,18,20)(H,19,21). The Bertz CT molecular complexity index is 515. The van der Waals surface area contributed by atoms with E-state index in [0.29, 0.717) is 18.2 Å². The lowest BCUT2D eigenvalue weighted by atomic mass is 10.1. The first-order chi connectivity index (χ1) is 11.1. The van der Waals surface area contributed by atoms with E-state index in [9.17, 15) is 9.59 Å². The van der Waals surface area contributed by atoms with Gasteiger partial charge >= 0.3 is 0 Å². The number of nitrogens with one attached hydrogen (secondary N) is 2. The van der Waals surface area contributed by atoms with Crippen LogP contribution in [0.4, 0.5) is 0 Å². The van der Waals surface area contributed by atoms with Gasteiger partial charge in [-0.2, -0.15) is 0 Å². The Morgan fingerprint density at radius 1 is 1.22 bits per heavy atom. The highest BCUT2D eigenvalue weighted by atomic mass is 35.5. The second-order valence-corrected chi connectivity index (χ2v) is 5.80. The van der Waals surface area contributed by atoms with Gasteiger partial charge in [-0.1, -0.05) is 23.7 Å². The monoisotopic (exact) mass is 340 g/mol. The number of hydrogen-bond acceptors (Lipinski definition) is 4. The molecule has 0 aliphatic carbocycles. The lowest BCUT2D eigenvalue weighted by Crippen LogP contribution is -2.42. The fourth-order valence-corrected chi connectivity index (χ4v) is 2.32. The third kappa shape index (κ3) is 6.99. The fraction of sp³-hybridized carbons (Fsp3) is 0.500. The van der Waals surface area contributed by atoms with Gasteiger partial charge in [0.1, 0.15) is 0 Å². The van der Waals surface area contributed by atoms with Crippen LogP contribution in [0.25, 0.3) is 0 Å². The SMILES string of the molecule is O=C(CCOCC1CCCO1)NNC(=O)Cc1ccc(Cl)cc1. The topological polar surface area (TPSA) is 76.7 Å². The minimum Gasteiger partial charge on any atom is -0.378 e. The molecule has 1 heterocycles. The molecule has 0 radical (unpaired) electrons. The van der Waals surface area contributed by atoms with E-state index in [1.807, 2.05) is 0 Å². The van der Waals surface area contributed by atoms with Gasteiger partial charge in [-0.3, -0.25) is 20.4 Å². The van der Waals surface area contributed by atoms with E-state index in [2.05, 4.69) is 10.9 Å². The predicted molar refractivity (Wildman–Crippen MR) is 85.9 cm³/mol. The van der Waals surface area contributed by atoms with Crippen LogP contribution in [0.3, 0.4) is 0 Å². The van der Waals surface area contributed by atoms with Crippen LogP contribution in [0.15, 0.2) is 24.3 Å². The molecule has 1 aromatic rings. The van der Waals surface area contributed by atoms with Crippen molar-refractivity contribution in [2.75, 3.05) is 19.8 Å². The zero-order chi connectivity index (χ0) is 16.5. The molecule has 0 saturated carbocycles. The van der Waals surface area contributed by atoms with Crippen LogP contribution in [0.2, 0.25) is 5.02 Å². The minimum atomic E-state index is -0.291. The average Bonchev–Trinajstić information content (AvgIpc) is 3.05. The van der Waals surface area contributed by atoms with Crippen molar-refractivity contribution < 1.29 is 19.1 Å². The van der Waals surface area contributed by atoms with Crippen LogP contribution in [-0.4, -0.2) is 37.7 Å². The molecule has 0 aromatic heterocycles. The molecule has 1 aliphatic rings. The highest BCUT2D eigenvalue weighted by molar-refractivity contribution is 6.30. The van der Waals surface area contributed by atoms with Crippen molar-refractivity contribution in [3.8, 4) is 0 Å². The Morgan fingerprint density at radius 3 is 2.65 bits per heavy atom. The molecule has 7 heteroatoms. The smallest absolute Gasteiger partial charge is 0.242 e. The third-order valence-corrected chi connectivity index (χ3v) is 3.67. The molecule has 6 nitrogen and oxygen atoms in total. The van der Waals surface area contributed by atoms with E-state index < -0.39 is 0 Å². The first-order valence-corrected chi connectivity index (χ1v) is 8.03. The summed E-state index contributed by atoms with van der Waals surface area (Å²) in [6.07, 6.45) is 2.58. The molecule has 1 unspecified atom stereocenters. The van der Waals surface area contributed by atoms with Crippen molar-refractivity contribution in [2.24, 2.45) is 0 Å². The third-order valence-electron chi connectivity index (χ3n) is 3.42. The molecule has 0 spiro atoms. The Labute approximate surface area is 140 Å². The summed E-state index contributed by atoms with van der Waals surface area (Å²) in [4.78, 5) is 23.3. The second kappa shape index (κ2) is 9.50. The summed E-state index contributed by atoms with van der Waals surface area (Å²) in [5, 5.41) is 0.616. The van der Waals surface area contributed by atoms with Crippen molar-refractivity contribution in [1.29, 1.82) is 0 Å². The van der Waals surface area contributed by atoms with E-state index in [4.69, 9.17) is 21.1 Å². The van der Waals surface area contributed by atoms with Crippen molar-refractivity contribution in [1.82, 2.24) is 10.9 Å². The average molecular weight is 341 g/mol. The van der Waals surface area contributed by atoms with Gasteiger partial charge in [0.2, 0.25) is 11.8 Å². The predicted octanol–water partition coefficient (Wildman–Crippen LogP) is 1.62. The Kier molecular flexibility index (Phi) is 7.32. The van der Waals surface area contributed by atoms with Crippen LogP contribution in [0.1, 0.15) is 24.8 Å². The Morgan fingerprint density at radius 2 is 1.96 bits per heavy atom. The summed E-state index contributed by atoms with van der Waals surface area (Å²) in [5.41, 5.74) is 5.56. The number of amides is 2. The molecule has 1 saturated heterocycles. The molecule has 1 aromatic carbocycles. The number of benzene rings is 1. The molecular formula is C16H21ClN2O4. The summed E-state index contributed by atoms with van der Waals surface area (Å²) >= 11 is 5.78. The summed E-state index contributed by atoms with van der Waals surface area (Å²) in [7, 11) is 0. The van der Waals surface area contributed by atoms with E-state index in [1.54, 1.807) is 24.3 Å². The molecule has 1 atom stereocenters. The summed E-state index contributed by atoms with van der Waals surface area (Å²) in [5.74, 6) is -0.581. The summed E-state index contributed by atoms with van der Waals surface area (Å²) in [6.45, 7) is 1.60. The lowest BCUT2D eigenvalue weighted by molar-refractivity contribution is -0.129. The maximum Gasteiger partial charge on any atom is 0.242 e. The van der Waals surface area contributed by atoms with Gasteiger partial charge in [-0.05, 0) is 30.5 Å². The van der Waals surface area contributed by atoms with Gasteiger partial charge in [0.25, 0.3) is 0 Å². The molecule has 0 bridgehead atoms. The molecule has 1 fully saturated rings. The molecular weight excluding hydrogens is 320 g/mol. The van der Waals surface area contributed by atoms with Crippen LogP contribution in [-0.2, 0) is 25.5 Å². The van der Waals surface area contributed by atoms with E-state index in [1.165, 1.54) is 0 Å². The van der Waals surface area contributed by atoms with Crippen LogP contribution >= 0.6 is 11.6 Å². The molecule has 2 N–H and O–H groups in total. The first-order valence-electron chi connectivity index (χ1n) is 7.65. The maximum absolute atomic E-state index is 11.7. The highest BCUT2D eigenvalue weighted by Gasteiger charge is 2.15. The maximum atomic E-state index is 11.7. The zero-order valence-corrected chi connectivity index (χ0v) is 13.6. The Balaban J connectivity index is 1.54. The first kappa shape index (κ1) is 17.7. The second-order valence-electron chi connectivity index (χ2n) is 5.36. The zero-order valence-electron chi connectivity index (χ0n) is 12.8. The van der Waals surface area contributed by atoms with Gasteiger partial charge < -0.3 is 9.47 Å². The molecule has 1 aliphatic heterocycles. The summed E-state index contributed by atoms with van der Waals surface area (Å²) in [6, 6.07) is 6.97. The van der Waals surface area contributed by atoms with Crippen LogP contribution in [0, 0.1) is 0 Å². The van der Waals surface area contributed by atoms with Gasteiger partial charge in [-0.25, -0.2) is 0 Å². The van der Waals surface area contributed by atoms with E-state index in [-0.39, 0.29) is 30.8 Å². The number of ether oxygens (including phenoxy) is 2. The highest BCUT2D eigenvalue weighted by Crippen LogP contribution is 2.12. The van der Waals surface area contributed by atoms with Gasteiger partial charge in [-0.15, -0.1) is 0 Å². The minimum absolute atomic E-state index is 0.150. The van der Waals surface area contributed by atoms with Crippen molar-refractivity contribution >= 4 is 23.4 Å². The van der Waals surface area contributed by atoms with E-state index in [0.717, 1.165) is 25.0 Å². The number of carbonyl (C=O) groups excluding carboxylic acids is 2. The van der Waals surface area contributed by atoms with Crippen molar-refractivity contribution in [3.05, 3.63) is 34.9 Å². The number of hydrazine groups is 1. The van der Waals surface area contributed by atoms with Crippen LogP contribution < -0.4 is 10.9 Å². The van der Waals surface area contributed by atoms with Gasteiger partial charge in [0.05, 0.1) is 32.2 Å². The van der Waals surface area contributed by atoms with Gasteiger partial charge in [0, 0.05) is 11.6 Å². The van der Waals surface area contributed by atoms with Gasteiger partial charge in [0.15, 0.2) is 0 Å².